The molecule has 2 rings (SSSR count). The van der Waals surface area contributed by atoms with Gasteiger partial charge in [0.1, 0.15) is 0 Å². The number of unbranched alkanes of at least 4 members (excludes halogenated alkanes) is 1. The maximum atomic E-state index is 5.76. The van der Waals surface area contributed by atoms with Crippen molar-refractivity contribution in [2.24, 2.45) is 10.9 Å². The third-order valence-corrected chi connectivity index (χ3v) is 5.25. The van der Waals surface area contributed by atoms with Crippen LogP contribution in [0.2, 0.25) is 0 Å². The Balaban J connectivity index is 0.00000420. The van der Waals surface area contributed by atoms with Crippen LogP contribution in [0.25, 0.3) is 0 Å². The molecule has 0 aliphatic carbocycles. The molecule has 0 spiro atoms. The highest BCUT2D eigenvalue weighted by molar-refractivity contribution is 14.0. The molecular weight excluding hydrogens is 477 g/mol. The van der Waals surface area contributed by atoms with Crippen LogP contribution in [0.5, 0.6) is 0 Å². The molecule has 1 saturated heterocycles. The molecule has 166 valence electrons. The van der Waals surface area contributed by atoms with Crippen LogP contribution < -0.4 is 5.32 Å². The van der Waals surface area contributed by atoms with E-state index in [0.29, 0.717) is 0 Å². The predicted octanol–water partition coefficient (Wildman–Crippen LogP) is 4.36. The van der Waals surface area contributed by atoms with Crippen LogP contribution >= 0.6 is 24.0 Å². The zero-order valence-electron chi connectivity index (χ0n) is 18.3. The molecular formula is C23H40IN3O2. The SMILES string of the molecule is CCNC(=NCCCCOCCc1ccccc1)N(C)CCC1CCOCC1.I. The normalized spacial score (nSPS) is 15.0. The second kappa shape index (κ2) is 16.9. The summed E-state index contributed by atoms with van der Waals surface area (Å²) in [6.07, 6.45) is 6.73. The van der Waals surface area contributed by atoms with Gasteiger partial charge in [0.15, 0.2) is 5.96 Å². The Hall–Kier alpha value is -0.860. The van der Waals surface area contributed by atoms with Gasteiger partial charge in [0.25, 0.3) is 0 Å². The van der Waals surface area contributed by atoms with Crippen LogP contribution in [0.3, 0.4) is 0 Å². The molecule has 0 bridgehead atoms. The van der Waals surface area contributed by atoms with Gasteiger partial charge < -0.3 is 19.7 Å². The lowest BCUT2D eigenvalue weighted by Crippen LogP contribution is -2.40. The minimum Gasteiger partial charge on any atom is -0.381 e. The van der Waals surface area contributed by atoms with Gasteiger partial charge in [0.05, 0.1) is 6.61 Å². The molecule has 1 heterocycles. The average molecular weight is 517 g/mol. The zero-order valence-corrected chi connectivity index (χ0v) is 20.6. The lowest BCUT2D eigenvalue weighted by Gasteiger charge is -2.26. The standard InChI is InChI=1S/C23H39N3O2.HI/c1-3-24-23(26(2)16-11-22-13-19-28-20-14-22)25-15-7-8-17-27-18-12-21-9-5-4-6-10-21;/h4-6,9-10,22H,3,7-8,11-20H2,1-2H3,(H,24,25);1H. The highest BCUT2D eigenvalue weighted by atomic mass is 127. The Morgan fingerprint density at radius 2 is 1.93 bits per heavy atom. The van der Waals surface area contributed by atoms with E-state index < -0.39 is 0 Å². The maximum Gasteiger partial charge on any atom is 0.193 e. The number of halogens is 1. The summed E-state index contributed by atoms with van der Waals surface area (Å²) >= 11 is 0. The second-order valence-electron chi connectivity index (χ2n) is 7.56. The Bertz CT molecular complexity index is 536. The van der Waals surface area contributed by atoms with E-state index >= 15 is 0 Å². The Morgan fingerprint density at radius 3 is 2.66 bits per heavy atom. The topological polar surface area (TPSA) is 46.1 Å². The maximum absolute atomic E-state index is 5.76. The van der Waals surface area contributed by atoms with Crippen molar-refractivity contribution in [2.75, 3.05) is 53.1 Å². The van der Waals surface area contributed by atoms with Gasteiger partial charge in [-0.05, 0) is 56.9 Å². The smallest absolute Gasteiger partial charge is 0.193 e. The quantitative estimate of drug-likeness (QED) is 0.194. The van der Waals surface area contributed by atoms with Crippen LogP contribution in [-0.2, 0) is 15.9 Å². The summed E-state index contributed by atoms with van der Waals surface area (Å²) in [6.45, 7) is 8.41. The monoisotopic (exact) mass is 517 g/mol. The van der Waals surface area contributed by atoms with Crippen molar-refractivity contribution in [3.8, 4) is 0 Å². The van der Waals surface area contributed by atoms with Crippen molar-refractivity contribution in [1.29, 1.82) is 0 Å². The van der Waals surface area contributed by atoms with Crippen LogP contribution in [0.4, 0.5) is 0 Å². The summed E-state index contributed by atoms with van der Waals surface area (Å²) < 4.78 is 11.2. The molecule has 0 radical (unpaired) electrons. The van der Waals surface area contributed by atoms with Crippen LogP contribution in [-0.4, -0.2) is 64.0 Å². The Kier molecular flexibility index (Phi) is 15.2. The number of ether oxygens (including phenoxy) is 2. The number of guanidine groups is 1. The summed E-state index contributed by atoms with van der Waals surface area (Å²) in [6, 6.07) is 10.5. The molecule has 0 amide bonds. The van der Waals surface area contributed by atoms with Crippen molar-refractivity contribution in [3.63, 3.8) is 0 Å². The van der Waals surface area contributed by atoms with Crippen molar-refractivity contribution >= 4 is 29.9 Å². The molecule has 29 heavy (non-hydrogen) atoms. The van der Waals surface area contributed by atoms with Gasteiger partial charge in [-0.1, -0.05) is 30.3 Å². The fraction of sp³-hybridized carbons (Fsp3) is 0.696. The summed E-state index contributed by atoms with van der Waals surface area (Å²) in [4.78, 5) is 7.07. The highest BCUT2D eigenvalue weighted by Gasteiger charge is 2.15. The number of nitrogens with zero attached hydrogens (tertiary/aromatic N) is 2. The van der Waals surface area contributed by atoms with Crippen LogP contribution in [0, 0.1) is 5.92 Å². The third-order valence-electron chi connectivity index (χ3n) is 5.25. The van der Waals surface area contributed by atoms with Crippen molar-refractivity contribution in [1.82, 2.24) is 10.2 Å². The molecule has 0 aromatic heterocycles. The molecule has 1 aromatic rings. The average Bonchev–Trinajstić information content (AvgIpc) is 2.74. The Labute approximate surface area is 194 Å². The molecule has 0 atom stereocenters. The van der Waals surface area contributed by atoms with E-state index in [1.54, 1.807) is 0 Å². The molecule has 0 unspecified atom stereocenters. The lowest BCUT2D eigenvalue weighted by atomic mass is 9.96. The van der Waals surface area contributed by atoms with Gasteiger partial charge in [0, 0.05) is 46.5 Å². The lowest BCUT2D eigenvalue weighted by molar-refractivity contribution is 0.0625. The van der Waals surface area contributed by atoms with E-state index in [-0.39, 0.29) is 24.0 Å². The molecule has 1 fully saturated rings. The van der Waals surface area contributed by atoms with E-state index in [0.717, 1.165) is 77.2 Å². The first-order valence-electron chi connectivity index (χ1n) is 11.0. The molecule has 6 heteroatoms. The molecule has 1 aromatic carbocycles. The third kappa shape index (κ3) is 11.8. The number of aliphatic imine (C=N–C) groups is 1. The van der Waals surface area contributed by atoms with E-state index in [1.165, 1.54) is 24.8 Å². The number of rotatable bonds is 12. The summed E-state index contributed by atoms with van der Waals surface area (Å²) in [5.41, 5.74) is 1.34. The largest absolute Gasteiger partial charge is 0.381 e. The molecule has 1 aliphatic rings. The van der Waals surface area contributed by atoms with E-state index in [1.807, 2.05) is 0 Å². The second-order valence-corrected chi connectivity index (χ2v) is 7.56. The first-order valence-corrected chi connectivity index (χ1v) is 11.0. The summed E-state index contributed by atoms with van der Waals surface area (Å²) in [5, 5.41) is 3.42. The number of hydrogen-bond donors (Lipinski definition) is 1. The van der Waals surface area contributed by atoms with Gasteiger partial charge in [-0.2, -0.15) is 0 Å². The van der Waals surface area contributed by atoms with Gasteiger partial charge in [-0.15, -0.1) is 24.0 Å². The van der Waals surface area contributed by atoms with E-state index in [9.17, 15) is 0 Å². The van der Waals surface area contributed by atoms with Gasteiger partial charge in [-0.25, -0.2) is 0 Å². The molecule has 5 nitrogen and oxygen atoms in total. The fourth-order valence-corrected chi connectivity index (χ4v) is 3.42. The highest BCUT2D eigenvalue weighted by Crippen LogP contribution is 2.18. The molecule has 0 saturated carbocycles. The number of benzene rings is 1. The van der Waals surface area contributed by atoms with Crippen molar-refractivity contribution in [3.05, 3.63) is 35.9 Å². The van der Waals surface area contributed by atoms with Crippen molar-refractivity contribution < 1.29 is 9.47 Å². The van der Waals surface area contributed by atoms with Gasteiger partial charge >= 0.3 is 0 Å². The predicted molar refractivity (Wildman–Crippen MR) is 132 cm³/mol. The first-order chi connectivity index (χ1) is 13.8. The Morgan fingerprint density at radius 1 is 1.17 bits per heavy atom. The van der Waals surface area contributed by atoms with Gasteiger partial charge in [-0.3, -0.25) is 4.99 Å². The van der Waals surface area contributed by atoms with Gasteiger partial charge in [0.2, 0.25) is 0 Å². The number of nitrogens with one attached hydrogen (secondary N) is 1. The summed E-state index contributed by atoms with van der Waals surface area (Å²) in [5.74, 6) is 1.83. The number of hydrogen-bond acceptors (Lipinski definition) is 3. The van der Waals surface area contributed by atoms with E-state index in [4.69, 9.17) is 14.5 Å². The fourth-order valence-electron chi connectivity index (χ4n) is 3.42. The minimum absolute atomic E-state index is 0. The first kappa shape index (κ1) is 26.2. The van der Waals surface area contributed by atoms with E-state index in [2.05, 4.69) is 54.5 Å². The van der Waals surface area contributed by atoms with Crippen LogP contribution in [0.15, 0.2) is 35.3 Å². The van der Waals surface area contributed by atoms with Crippen LogP contribution in [0.1, 0.15) is 44.6 Å². The van der Waals surface area contributed by atoms with Crippen molar-refractivity contribution in [2.45, 2.75) is 45.4 Å². The summed E-state index contributed by atoms with van der Waals surface area (Å²) in [7, 11) is 2.15. The zero-order chi connectivity index (χ0) is 19.9. The minimum atomic E-state index is 0. The molecule has 1 N–H and O–H groups in total. The molecule has 1 aliphatic heterocycles.